The molecule has 2 aliphatic heterocycles. The van der Waals surface area contributed by atoms with Gasteiger partial charge in [0.1, 0.15) is 12.0 Å². The van der Waals surface area contributed by atoms with Gasteiger partial charge < -0.3 is 9.47 Å². The second-order valence-corrected chi connectivity index (χ2v) is 6.06. The second kappa shape index (κ2) is 6.08. The normalized spacial score (nSPS) is 30.8. The minimum absolute atomic E-state index is 0.0970. The van der Waals surface area contributed by atoms with E-state index in [1.165, 1.54) is 7.11 Å². The summed E-state index contributed by atoms with van der Waals surface area (Å²) in [6.07, 6.45) is 2.26. The van der Waals surface area contributed by atoms with Crippen LogP contribution in [0.1, 0.15) is 29.6 Å². The van der Waals surface area contributed by atoms with E-state index in [-0.39, 0.29) is 18.0 Å². The van der Waals surface area contributed by atoms with E-state index in [2.05, 4.69) is 4.90 Å². The molecule has 3 rings (SSSR count). The van der Waals surface area contributed by atoms with Gasteiger partial charge in [0.2, 0.25) is 0 Å². The summed E-state index contributed by atoms with van der Waals surface area (Å²) in [6.45, 7) is 0. The summed E-state index contributed by atoms with van der Waals surface area (Å²) in [4.78, 5) is 26.7. The highest BCUT2D eigenvalue weighted by Crippen LogP contribution is 2.40. The van der Waals surface area contributed by atoms with Gasteiger partial charge in [0.05, 0.1) is 12.7 Å². The minimum Gasteiger partial charge on any atom is -0.469 e. The van der Waals surface area contributed by atoms with E-state index in [0.29, 0.717) is 18.0 Å². The topological polar surface area (TPSA) is 55.8 Å². The zero-order chi connectivity index (χ0) is 15.7. The fourth-order valence-corrected chi connectivity index (χ4v) is 3.77. The number of hydrogen-bond donors (Lipinski definition) is 0. The zero-order valence-corrected chi connectivity index (χ0v) is 12.9. The van der Waals surface area contributed by atoms with E-state index < -0.39 is 12.0 Å². The standard InChI is InChI=1S/C17H21NO4/c1-18-12-8-9-13(18)15(17(20)21-2)14(10-12)22-16(19)11-6-4-3-5-7-11/h3-7,12-15H,8-10H2,1-2H3/t12?,13?,14-,15-/m1/s1. The van der Waals surface area contributed by atoms with Crippen LogP contribution in [-0.2, 0) is 14.3 Å². The number of esters is 2. The van der Waals surface area contributed by atoms with Gasteiger partial charge in [-0.1, -0.05) is 18.2 Å². The van der Waals surface area contributed by atoms with Gasteiger partial charge in [0, 0.05) is 18.5 Å². The molecule has 1 aromatic carbocycles. The number of nitrogens with zero attached hydrogens (tertiary/aromatic N) is 1. The summed E-state index contributed by atoms with van der Waals surface area (Å²) in [5.74, 6) is -1.06. The Morgan fingerprint density at radius 1 is 1.18 bits per heavy atom. The molecule has 2 fully saturated rings. The Kier molecular flexibility index (Phi) is 4.16. The van der Waals surface area contributed by atoms with Crippen LogP contribution in [0.15, 0.2) is 30.3 Å². The van der Waals surface area contributed by atoms with Crippen LogP contribution in [0.2, 0.25) is 0 Å². The van der Waals surface area contributed by atoms with Gasteiger partial charge in [0.25, 0.3) is 0 Å². The lowest BCUT2D eigenvalue weighted by Crippen LogP contribution is -2.53. The van der Waals surface area contributed by atoms with Gasteiger partial charge >= 0.3 is 11.9 Å². The van der Waals surface area contributed by atoms with Crippen molar-refractivity contribution in [2.45, 2.75) is 37.5 Å². The van der Waals surface area contributed by atoms with Crippen molar-refractivity contribution < 1.29 is 19.1 Å². The Balaban J connectivity index is 1.79. The maximum atomic E-state index is 12.3. The number of carbonyl (C=O) groups is 2. The molecule has 0 spiro atoms. The Morgan fingerprint density at radius 3 is 2.59 bits per heavy atom. The van der Waals surface area contributed by atoms with Crippen molar-refractivity contribution in [3.8, 4) is 0 Å². The molecule has 0 amide bonds. The summed E-state index contributed by atoms with van der Waals surface area (Å²) in [6, 6.07) is 9.36. The number of carbonyl (C=O) groups excluding carboxylic acids is 2. The van der Waals surface area contributed by atoms with E-state index >= 15 is 0 Å². The van der Waals surface area contributed by atoms with Gasteiger partial charge in [-0.25, -0.2) is 4.79 Å². The number of methoxy groups -OCH3 is 1. The number of hydrogen-bond acceptors (Lipinski definition) is 5. The van der Waals surface area contributed by atoms with Crippen LogP contribution in [0.25, 0.3) is 0 Å². The molecule has 0 aromatic heterocycles. The van der Waals surface area contributed by atoms with Crippen molar-refractivity contribution >= 4 is 11.9 Å². The van der Waals surface area contributed by atoms with Gasteiger partial charge in [-0.05, 0) is 32.0 Å². The Hall–Kier alpha value is -1.88. The molecule has 1 aromatic rings. The van der Waals surface area contributed by atoms with Gasteiger partial charge in [0.15, 0.2) is 0 Å². The quantitative estimate of drug-likeness (QED) is 0.798. The van der Waals surface area contributed by atoms with Crippen LogP contribution in [0.3, 0.4) is 0 Å². The van der Waals surface area contributed by atoms with Crippen LogP contribution >= 0.6 is 0 Å². The van der Waals surface area contributed by atoms with Crippen LogP contribution in [-0.4, -0.2) is 49.2 Å². The summed E-state index contributed by atoms with van der Waals surface area (Å²) < 4.78 is 10.6. The first-order valence-corrected chi connectivity index (χ1v) is 7.67. The number of piperidine rings is 1. The molecule has 2 bridgehead atoms. The molecule has 0 saturated carbocycles. The SMILES string of the molecule is COC(=O)[C@@H]1C2CCC(C[C@H]1OC(=O)c1ccccc1)N2C. The summed E-state index contributed by atoms with van der Waals surface area (Å²) in [5, 5.41) is 0. The zero-order valence-electron chi connectivity index (χ0n) is 12.9. The van der Waals surface area contributed by atoms with Gasteiger partial charge in [-0.15, -0.1) is 0 Å². The third-order valence-electron chi connectivity index (χ3n) is 4.96. The van der Waals surface area contributed by atoms with E-state index in [1.807, 2.05) is 13.1 Å². The van der Waals surface area contributed by atoms with Crippen LogP contribution in [0.4, 0.5) is 0 Å². The smallest absolute Gasteiger partial charge is 0.338 e. The first-order chi connectivity index (χ1) is 10.6. The van der Waals surface area contributed by atoms with Crippen molar-refractivity contribution in [1.29, 1.82) is 0 Å². The minimum atomic E-state index is -0.408. The Bertz CT molecular complexity index is 559. The fourth-order valence-electron chi connectivity index (χ4n) is 3.77. The van der Waals surface area contributed by atoms with E-state index in [4.69, 9.17) is 9.47 Å². The first-order valence-electron chi connectivity index (χ1n) is 7.67. The van der Waals surface area contributed by atoms with Crippen molar-refractivity contribution in [3.63, 3.8) is 0 Å². The molecule has 2 aliphatic rings. The predicted molar refractivity (Wildman–Crippen MR) is 80.3 cm³/mol. The monoisotopic (exact) mass is 303 g/mol. The molecule has 0 radical (unpaired) electrons. The lowest BCUT2D eigenvalue weighted by atomic mass is 9.87. The highest BCUT2D eigenvalue weighted by atomic mass is 16.6. The molecule has 4 atom stereocenters. The lowest BCUT2D eigenvalue weighted by Gasteiger charge is -2.40. The highest BCUT2D eigenvalue weighted by Gasteiger charge is 2.50. The molecule has 118 valence electrons. The molecular formula is C17H21NO4. The number of ether oxygens (including phenoxy) is 2. The second-order valence-electron chi connectivity index (χ2n) is 6.06. The van der Waals surface area contributed by atoms with Crippen LogP contribution in [0, 0.1) is 5.92 Å². The summed E-state index contributed by atoms with van der Waals surface area (Å²) in [7, 11) is 3.42. The molecule has 2 heterocycles. The van der Waals surface area contributed by atoms with Crippen LogP contribution < -0.4 is 0 Å². The maximum absolute atomic E-state index is 12.3. The van der Waals surface area contributed by atoms with Crippen molar-refractivity contribution in [2.24, 2.45) is 5.92 Å². The molecule has 5 heteroatoms. The van der Waals surface area contributed by atoms with Gasteiger partial charge in [-0.3, -0.25) is 9.69 Å². The van der Waals surface area contributed by atoms with Crippen molar-refractivity contribution in [1.82, 2.24) is 4.90 Å². The van der Waals surface area contributed by atoms with Crippen molar-refractivity contribution in [2.75, 3.05) is 14.2 Å². The van der Waals surface area contributed by atoms with Gasteiger partial charge in [-0.2, -0.15) is 0 Å². The van der Waals surface area contributed by atoms with E-state index in [1.54, 1.807) is 24.3 Å². The highest BCUT2D eigenvalue weighted by molar-refractivity contribution is 5.89. The molecule has 2 unspecified atom stereocenters. The third-order valence-corrected chi connectivity index (χ3v) is 4.96. The van der Waals surface area contributed by atoms with E-state index in [0.717, 1.165) is 12.8 Å². The lowest BCUT2D eigenvalue weighted by molar-refractivity contribution is -0.156. The summed E-state index contributed by atoms with van der Waals surface area (Å²) in [5.41, 5.74) is 0.511. The Morgan fingerprint density at radius 2 is 1.91 bits per heavy atom. The van der Waals surface area contributed by atoms with E-state index in [9.17, 15) is 9.59 Å². The molecule has 0 aliphatic carbocycles. The first kappa shape index (κ1) is 15.0. The molecule has 0 N–H and O–H groups in total. The molecule has 22 heavy (non-hydrogen) atoms. The predicted octanol–water partition coefficient (Wildman–Crippen LogP) is 1.87. The Labute approximate surface area is 130 Å². The molecule has 5 nitrogen and oxygen atoms in total. The molecule has 2 saturated heterocycles. The maximum Gasteiger partial charge on any atom is 0.338 e. The number of benzene rings is 1. The average Bonchev–Trinajstić information content (AvgIpc) is 2.78. The summed E-state index contributed by atoms with van der Waals surface area (Å²) >= 11 is 0. The largest absolute Gasteiger partial charge is 0.469 e. The fraction of sp³-hybridized carbons (Fsp3) is 0.529. The average molecular weight is 303 g/mol. The third kappa shape index (κ3) is 2.61. The number of rotatable bonds is 3. The number of fused-ring (bicyclic) bond motifs is 2. The van der Waals surface area contributed by atoms with Crippen molar-refractivity contribution in [3.05, 3.63) is 35.9 Å². The van der Waals surface area contributed by atoms with Crippen LogP contribution in [0.5, 0.6) is 0 Å². The molecular weight excluding hydrogens is 282 g/mol.